The van der Waals surface area contributed by atoms with E-state index in [1.54, 1.807) is 0 Å². The largest absolute Gasteiger partial charge is 0.239 e. The molecule has 0 radical (unpaired) electrons. The zero-order chi connectivity index (χ0) is 7.28. The van der Waals surface area contributed by atoms with Crippen molar-refractivity contribution in [2.45, 2.75) is 25.3 Å². The van der Waals surface area contributed by atoms with Gasteiger partial charge in [-0.25, -0.2) is 0 Å². The fourth-order valence-corrected chi connectivity index (χ4v) is 1.59. The second-order valence-corrected chi connectivity index (χ2v) is 7.31. The average molecular weight is 182 g/mol. The molecule has 0 N–H and O–H groups in total. The summed E-state index contributed by atoms with van der Waals surface area (Å²) in [4.78, 5) is 0. The van der Waals surface area contributed by atoms with E-state index in [9.17, 15) is 0 Å². The Balaban J connectivity index is 3.29. The summed E-state index contributed by atoms with van der Waals surface area (Å²) < 4.78 is 0. The van der Waals surface area contributed by atoms with Crippen molar-refractivity contribution in [3.63, 3.8) is 0 Å². The third-order valence-corrected chi connectivity index (χ3v) is 4.92. The lowest BCUT2D eigenvalue weighted by molar-refractivity contribution is 0.813. The lowest BCUT2D eigenvalue weighted by atomic mass is 10.3. The molecule has 0 aromatic heterocycles. The highest BCUT2D eigenvalue weighted by molar-refractivity contribution is 7.34. The van der Waals surface area contributed by atoms with E-state index in [4.69, 9.17) is 27.4 Å². The molecule has 1 unspecified atom stereocenters. The van der Waals surface area contributed by atoms with Crippen LogP contribution in [0.4, 0.5) is 0 Å². The maximum Gasteiger partial charge on any atom is 0.239 e. The molecule has 0 rings (SSSR count). The van der Waals surface area contributed by atoms with Crippen molar-refractivity contribution in [1.82, 2.24) is 0 Å². The van der Waals surface area contributed by atoms with Crippen molar-refractivity contribution in [1.29, 1.82) is 5.26 Å². The Labute approximate surface area is 66.6 Å². The first-order valence-corrected chi connectivity index (χ1v) is 6.99. The third kappa shape index (κ3) is 4.77. The van der Waals surface area contributed by atoms with Crippen molar-refractivity contribution in [3.8, 4) is 6.07 Å². The van der Waals surface area contributed by atoms with E-state index >= 15 is 0 Å². The molecule has 0 heterocycles. The van der Waals surface area contributed by atoms with E-state index < -0.39 is 7.42 Å². The molecule has 0 aromatic carbocycles. The molecule has 52 valence electrons. The van der Waals surface area contributed by atoms with E-state index in [0.717, 1.165) is 6.42 Å². The average Bonchev–Trinajstić information content (AvgIpc) is 1.82. The Kier molecular flexibility index (Phi) is 5.26. The lowest BCUT2D eigenvalue weighted by Gasteiger charge is -2.05. The van der Waals surface area contributed by atoms with Gasteiger partial charge in [-0.05, 0) is 12.0 Å². The SMILES string of the molecule is CC(CCC#N)[SiH](Cl)Cl. The van der Waals surface area contributed by atoms with Gasteiger partial charge in [-0.3, -0.25) is 0 Å². The summed E-state index contributed by atoms with van der Waals surface area (Å²) in [6.45, 7) is 1.99. The van der Waals surface area contributed by atoms with E-state index in [1.807, 2.05) is 6.92 Å². The van der Waals surface area contributed by atoms with Crippen LogP contribution in [0.1, 0.15) is 19.8 Å². The molecule has 0 aliphatic rings. The van der Waals surface area contributed by atoms with Gasteiger partial charge in [0.25, 0.3) is 0 Å². The Morgan fingerprint density at radius 2 is 2.22 bits per heavy atom. The van der Waals surface area contributed by atoms with Crippen molar-refractivity contribution >= 4 is 29.6 Å². The van der Waals surface area contributed by atoms with Gasteiger partial charge in [0, 0.05) is 6.42 Å². The van der Waals surface area contributed by atoms with Crippen LogP contribution in [0, 0.1) is 11.3 Å². The second kappa shape index (κ2) is 5.10. The predicted molar refractivity (Wildman–Crippen MR) is 43.1 cm³/mol. The maximum absolute atomic E-state index is 8.18. The Hall–Kier alpha value is 0.287. The molecule has 0 spiro atoms. The normalized spacial score (nSPS) is 13.2. The molecule has 9 heavy (non-hydrogen) atoms. The van der Waals surface area contributed by atoms with Gasteiger partial charge in [-0.2, -0.15) is 27.4 Å². The van der Waals surface area contributed by atoms with Gasteiger partial charge in [0.2, 0.25) is 7.42 Å². The monoisotopic (exact) mass is 181 g/mol. The number of hydrogen-bond acceptors (Lipinski definition) is 1. The molecule has 0 saturated carbocycles. The van der Waals surface area contributed by atoms with Crippen LogP contribution in [0.2, 0.25) is 5.54 Å². The number of rotatable bonds is 3. The van der Waals surface area contributed by atoms with Crippen molar-refractivity contribution in [2.24, 2.45) is 0 Å². The molecule has 0 aliphatic heterocycles. The summed E-state index contributed by atoms with van der Waals surface area (Å²) in [5.41, 5.74) is 0.369. The van der Waals surface area contributed by atoms with Crippen LogP contribution in [0.3, 0.4) is 0 Å². The van der Waals surface area contributed by atoms with Gasteiger partial charge in [0.15, 0.2) is 0 Å². The molecule has 0 aliphatic carbocycles. The first kappa shape index (κ1) is 9.29. The van der Waals surface area contributed by atoms with Crippen LogP contribution in [-0.4, -0.2) is 7.42 Å². The minimum atomic E-state index is -1.50. The fourth-order valence-electron chi connectivity index (χ4n) is 0.418. The van der Waals surface area contributed by atoms with Crippen LogP contribution in [0.25, 0.3) is 0 Å². The second-order valence-electron chi connectivity index (χ2n) is 2.01. The summed E-state index contributed by atoms with van der Waals surface area (Å²) in [7, 11) is -1.50. The van der Waals surface area contributed by atoms with Gasteiger partial charge in [-0.1, -0.05) is 6.92 Å². The summed E-state index contributed by atoms with van der Waals surface area (Å²) in [6.07, 6.45) is 1.42. The molecule has 0 aromatic rings. The molecule has 0 fully saturated rings. The van der Waals surface area contributed by atoms with Crippen LogP contribution < -0.4 is 0 Å². The highest BCUT2D eigenvalue weighted by Crippen LogP contribution is 2.20. The predicted octanol–water partition coefficient (Wildman–Crippen LogP) is 2.38. The van der Waals surface area contributed by atoms with Crippen LogP contribution in [0.5, 0.6) is 0 Å². The molecular weight excluding hydrogens is 173 g/mol. The third-order valence-electron chi connectivity index (χ3n) is 1.14. The van der Waals surface area contributed by atoms with E-state index in [0.29, 0.717) is 12.0 Å². The van der Waals surface area contributed by atoms with E-state index in [-0.39, 0.29) is 0 Å². The zero-order valence-electron chi connectivity index (χ0n) is 5.27. The maximum atomic E-state index is 8.18. The summed E-state index contributed by atoms with van der Waals surface area (Å²) >= 11 is 11.3. The number of nitrogens with zero attached hydrogens (tertiary/aromatic N) is 1. The van der Waals surface area contributed by atoms with E-state index in [2.05, 4.69) is 6.07 Å². The standard InChI is InChI=1S/C5H9Cl2NSi/c1-5(9(6)7)3-2-4-8/h5,9H,2-3H2,1H3. The summed E-state index contributed by atoms with van der Waals surface area (Å²) in [6, 6.07) is 2.06. The number of halogens is 2. The van der Waals surface area contributed by atoms with Crippen LogP contribution in [0.15, 0.2) is 0 Å². The van der Waals surface area contributed by atoms with Crippen molar-refractivity contribution < 1.29 is 0 Å². The fraction of sp³-hybridized carbons (Fsp3) is 0.800. The van der Waals surface area contributed by atoms with Crippen molar-refractivity contribution in [3.05, 3.63) is 0 Å². The Bertz CT molecular complexity index is 110. The highest BCUT2D eigenvalue weighted by Gasteiger charge is 2.12. The van der Waals surface area contributed by atoms with Gasteiger partial charge < -0.3 is 0 Å². The van der Waals surface area contributed by atoms with Gasteiger partial charge >= 0.3 is 0 Å². The first-order valence-electron chi connectivity index (χ1n) is 2.83. The minimum absolute atomic E-state index is 0.369. The topological polar surface area (TPSA) is 23.8 Å². The molecule has 4 heteroatoms. The van der Waals surface area contributed by atoms with Crippen molar-refractivity contribution in [2.75, 3.05) is 0 Å². The highest BCUT2D eigenvalue weighted by atomic mass is 35.7. The summed E-state index contributed by atoms with van der Waals surface area (Å²) in [5, 5.41) is 8.18. The molecule has 1 nitrogen and oxygen atoms in total. The smallest absolute Gasteiger partial charge is 0.198 e. The molecule has 0 saturated heterocycles. The molecule has 1 atom stereocenters. The van der Waals surface area contributed by atoms with Crippen LogP contribution in [-0.2, 0) is 0 Å². The molecule has 0 amide bonds. The number of hydrogen-bond donors (Lipinski definition) is 0. The molecular formula is C5H9Cl2NSi. The summed E-state index contributed by atoms with van der Waals surface area (Å²) in [5.74, 6) is 0. The van der Waals surface area contributed by atoms with Gasteiger partial charge in [0.1, 0.15) is 0 Å². The zero-order valence-corrected chi connectivity index (χ0v) is 7.94. The van der Waals surface area contributed by atoms with Gasteiger partial charge in [-0.15, -0.1) is 0 Å². The Morgan fingerprint density at radius 3 is 2.56 bits per heavy atom. The quantitative estimate of drug-likeness (QED) is 0.485. The number of nitriles is 1. The van der Waals surface area contributed by atoms with E-state index in [1.165, 1.54) is 0 Å². The van der Waals surface area contributed by atoms with Crippen LogP contribution >= 0.6 is 22.2 Å². The molecule has 0 bridgehead atoms. The van der Waals surface area contributed by atoms with Gasteiger partial charge in [0.05, 0.1) is 6.07 Å². The Morgan fingerprint density at radius 1 is 1.67 bits per heavy atom. The first-order chi connectivity index (χ1) is 4.18. The minimum Gasteiger partial charge on any atom is -0.198 e. The lowest BCUT2D eigenvalue weighted by Crippen LogP contribution is -2.01.